The predicted octanol–water partition coefficient (Wildman–Crippen LogP) is 3.97. The van der Waals surface area contributed by atoms with Crippen LogP contribution in [0.4, 0.5) is 0 Å². The lowest BCUT2D eigenvalue weighted by molar-refractivity contribution is 0.498. The molecule has 0 fully saturated rings. The minimum Gasteiger partial charge on any atom is -0.265 e. The van der Waals surface area contributed by atoms with Crippen LogP contribution in [0.25, 0.3) is 0 Å². The molecule has 0 aliphatic heterocycles. The monoisotopic (exact) mass is 179 g/mol. The molecule has 0 aromatic heterocycles. The van der Waals surface area contributed by atoms with E-state index in [1.165, 1.54) is 0 Å². The Morgan fingerprint density at radius 2 is 1.92 bits per heavy atom. The van der Waals surface area contributed by atoms with Crippen LogP contribution in [-0.2, 0) is 0 Å². The predicted molar refractivity (Wildman–Crippen MR) is 61.1 cm³/mol. The number of rotatable bonds is 3. The molecule has 0 aliphatic carbocycles. The van der Waals surface area contributed by atoms with Crippen molar-refractivity contribution in [2.45, 2.75) is 41.0 Å². The summed E-state index contributed by atoms with van der Waals surface area (Å²) in [6.45, 7) is 14.4. The third-order valence-corrected chi connectivity index (χ3v) is 1.56. The van der Waals surface area contributed by atoms with Crippen molar-refractivity contribution < 1.29 is 0 Å². The van der Waals surface area contributed by atoms with E-state index in [4.69, 9.17) is 0 Å². The number of hydrogen-bond acceptors (Lipinski definition) is 1. The zero-order valence-corrected chi connectivity index (χ0v) is 9.52. The molecule has 1 heteroatoms. The molecule has 0 bridgehead atoms. The first-order valence-electron chi connectivity index (χ1n) is 4.78. The third kappa shape index (κ3) is 5.40. The largest absolute Gasteiger partial charge is 0.265 e. The van der Waals surface area contributed by atoms with Crippen molar-refractivity contribution in [3.63, 3.8) is 0 Å². The second-order valence-corrected chi connectivity index (χ2v) is 4.35. The first-order chi connectivity index (χ1) is 5.88. The van der Waals surface area contributed by atoms with E-state index >= 15 is 0 Å². The van der Waals surface area contributed by atoms with E-state index in [0.717, 1.165) is 17.7 Å². The normalized spacial score (nSPS) is 13.8. The number of aliphatic imine (C=N–C) groups is 1. The van der Waals surface area contributed by atoms with Gasteiger partial charge in [0.2, 0.25) is 0 Å². The van der Waals surface area contributed by atoms with Crippen molar-refractivity contribution in [2.24, 2.45) is 10.4 Å². The fourth-order valence-corrected chi connectivity index (χ4v) is 0.870. The quantitative estimate of drug-likeness (QED) is 0.459. The minimum atomic E-state index is 0.102. The van der Waals surface area contributed by atoms with Gasteiger partial charge in [-0.3, -0.25) is 4.99 Å². The van der Waals surface area contributed by atoms with Crippen LogP contribution >= 0.6 is 0 Å². The maximum absolute atomic E-state index is 4.43. The average molecular weight is 179 g/mol. The van der Waals surface area contributed by atoms with Crippen LogP contribution in [0.1, 0.15) is 41.0 Å². The molecular formula is C12H21N. The Labute approximate surface area is 82.3 Å². The Kier molecular flexibility index (Phi) is 4.68. The van der Waals surface area contributed by atoms with Gasteiger partial charge in [0, 0.05) is 17.3 Å². The summed E-state index contributed by atoms with van der Waals surface area (Å²) in [4.78, 5) is 4.43. The average Bonchev–Trinajstić information content (AvgIpc) is 1.95. The van der Waals surface area contributed by atoms with Gasteiger partial charge in [-0.25, -0.2) is 0 Å². The standard InChI is InChI=1S/C12H21N/c1-7-8-13-11(9-10(2)3)12(4,5)6/h8-9H,2,7H2,1,3-6H3/b11-9-,13-8-. The fourth-order valence-electron chi connectivity index (χ4n) is 0.870. The van der Waals surface area contributed by atoms with Gasteiger partial charge in [0.1, 0.15) is 0 Å². The topological polar surface area (TPSA) is 12.4 Å². The van der Waals surface area contributed by atoms with Gasteiger partial charge in [0.05, 0.1) is 0 Å². The molecule has 1 nitrogen and oxygen atoms in total. The molecule has 0 saturated heterocycles. The first kappa shape index (κ1) is 12.2. The molecule has 0 aromatic rings. The lowest BCUT2D eigenvalue weighted by atomic mass is 9.91. The van der Waals surface area contributed by atoms with E-state index in [0.29, 0.717) is 0 Å². The van der Waals surface area contributed by atoms with Gasteiger partial charge in [0.25, 0.3) is 0 Å². The molecule has 13 heavy (non-hydrogen) atoms. The molecular weight excluding hydrogens is 158 g/mol. The fraction of sp³-hybridized carbons (Fsp3) is 0.583. The van der Waals surface area contributed by atoms with Crippen molar-refractivity contribution in [3.05, 3.63) is 23.9 Å². The summed E-state index contributed by atoms with van der Waals surface area (Å²) in [6.07, 6.45) is 4.97. The van der Waals surface area contributed by atoms with Crippen LogP contribution < -0.4 is 0 Å². The lowest BCUT2D eigenvalue weighted by Crippen LogP contribution is -2.08. The number of hydrogen-bond donors (Lipinski definition) is 0. The lowest BCUT2D eigenvalue weighted by Gasteiger charge is -2.19. The van der Waals surface area contributed by atoms with Gasteiger partial charge >= 0.3 is 0 Å². The van der Waals surface area contributed by atoms with E-state index in [1.807, 2.05) is 19.2 Å². The van der Waals surface area contributed by atoms with Gasteiger partial charge in [-0.15, -0.1) is 0 Å². The summed E-state index contributed by atoms with van der Waals surface area (Å²) >= 11 is 0. The van der Waals surface area contributed by atoms with Gasteiger partial charge in [-0.1, -0.05) is 39.8 Å². The zero-order chi connectivity index (χ0) is 10.5. The molecule has 0 aromatic carbocycles. The molecule has 74 valence electrons. The Morgan fingerprint density at radius 1 is 1.38 bits per heavy atom. The van der Waals surface area contributed by atoms with Crippen molar-refractivity contribution in [3.8, 4) is 0 Å². The maximum Gasteiger partial charge on any atom is 0.0455 e. The zero-order valence-electron chi connectivity index (χ0n) is 9.52. The number of allylic oxidation sites excluding steroid dienone is 3. The highest BCUT2D eigenvalue weighted by Crippen LogP contribution is 2.26. The molecule has 0 heterocycles. The van der Waals surface area contributed by atoms with Gasteiger partial charge in [-0.05, 0) is 19.4 Å². The Hall–Kier alpha value is -0.850. The Morgan fingerprint density at radius 3 is 2.23 bits per heavy atom. The van der Waals surface area contributed by atoms with Crippen molar-refractivity contribution in [1.29, 1.82) is 0 Å². The van der Waals surface area contributed by atoms with Crippen LogP contribution in [0.2, 0.25) is 0 Å². The van der Waals surface area contributed by atoms with Crippen molar-refractivity contribution in [2.75, 3.05) is 0 Å². The van der Waals surface area contributed by atoms with E-state index in [-0.39, 0.29) is 5.41 Å². The van der Waals surface area contributed by atoms with E-state index in [2.05, 4.69) is 39.3 Å². The van der Waals surface area contributed by atoms with Crippen molar-refractivity contribution >= 4 is 6.21 Å². The van der Waals surface area contributed by atoms with E-state index < -0.39 is 0 Å². The first-order valence-corrected chi connectivity index (χ1v) is 4.78. The molecule has 0 rings (SSSR count). The Bertz CT molecular complexity index is 226. The summed E-state index contributed by atoms with van der Waals surface area (Å²) in [5, 5.41) is 0. The minimum absolute atomic E-state index is 0.102. The van der Waals surface area contributed by atoms with Gasteiger partial charge < -0.3 is 0 Å². The van der Waals surface area contributed by atoms with Crippen molar-refractivity contribution in [1.82, 2.24) is 0 Å². The van der Waals surface area contributed by atoms with Crippen LogP contribution in [0.3, 0.4) is 0 Å². The summed E-state index contributed by atoms with van der Waals surface area (Å²) in [6, 6.07) is 0. The third-order valence-electron chi connectivity index (χ3n) is 1.56. The highest BCUT2D eigenvalue weighted by atomic mass is 14.8. The highest BCUT2D eigenvalue weighted by molar-refractivity contribution is 5.58. The summed E-state index contributed by atoms with van der Waals surface area (Å²) < 4.78 is 0. The van der Waals surface area contributed by atoms with Gasteiger partial charge in [0.15, 0.2) is 0 Å². The second kappa shape index (κ2) is 5.00. The second-order valence-electron chi connectivity index (χ2n) is 4.35. The molecule has 0 spiro atoms. The highest BCUT2D eigenvalue weighted by Gasteiger charge is 2.15. The smallest absolute Gasteiger partial charge is 0.0455 e. The van der Waals surface area contributed by atoms with Gasteiger partial charge in [-0.2, -0.15) is 0 Å². The van der Waals surface area contributed by atoms with Crippen LogP contribution in [-0.4, -0.2) is 6.21 Å². The summed E-state index contributed by atoms with van der Waals surface area (Å²) in [7, 11) is 0. The molecule has 0 radical (unpaired) electrons. The molecule has 0 amide bonds. The molecule has 0 saturated carbocycles. The number of nitrogens with zero attached hydrogens (tertiary/aromatic N) is 1. The Balaban J connectivity index is 4.77. The molecule has 0 unspecified atom stereocenters. The maximum atomic E-state index is 4.43. The van der Waals surface area contributed by atoms with Crippen LogP contribution in [0.5, 0.6) is 0 Å². The van der Waals surface area contributed by atoms with E-state index in [9.17, 15) is 0 Å². The summed E-state index contributed by atoms with van der Waals surface area (Å²) in [5.41, 5.74) is 2.25. The van der Waals surface area contributed by atoms with Crippen LogP contribution in [0.15, 0.2) is 28.9 Å². The summed E-state index contributed by atoms with van der Waals surface area (Å²) in [5.74, 6) is 0. The molecule has 0 aliphatic rings. The molecule has 0 atom stereocenters. The van der Waals surface area contributed by atoms with Crippen LogP contribution in [0, 0.1) is 5.41 Å². The van der Waals surface area contributed by atoms with E-state index in [1.54, 1.807) is 0 Å². The SMILES string of the molecule is C=C(C)/C=C(\N=C/CC)C(C)(C)C. The molecule has 0 N–H and O–H groups in total.